The molecule has 0 unspecified atom stereocenters. The number of ketones is 1. The van der Waals surface area contributed by atoms with Gasteiger partial charge in [-0.1, -0.05) is 132 Å². The molecule has 0 aliphatic rings. The molecule has 0 saturated heterocycles. The highest BCUT2D eigenvalue weighted by molar-refractivity contribution is 7.46. The highest BCUT2D eigenvalue weighted by Crippen LogP contribution is 2.36. The van der Waals surface area contributed by atoms with E-state index in [-0.39, 0.29) is 25.2 Å². The van der Waals surface area contributed by atoms with Crippen LogP contribution in [-0.2, 0) is 32.9 Å². The second-order valence-corrected chi connectivity index (χ2v) is 14.2. The van der Waals surface area contributed by atoms with Crippen LogP contribution in [0.2, 0.25) is 0 Å². The maximum atomic E-state index is 12.4. The first kappa shape index (κ1) is 49.2. The van der Waals surface area contributed by atoms with E-state index in [1.807, 2.05) is 36.5 Å². The summed E-state index contributed by atoms with van der Waals surface area (Å²) in [5, 5.41) is 0. The molecule has 52 heavy (non-hydrogen) atoms. The second kappa shape index (κ2) is 36.5. The van der Waals surface area contributed by atoms with Crippen molar-refractivity contribution in [2.24, 2.45) is 0 Å². The van der Waals surface area contributed by atoms with Crippen LogP contribution < -0.4 is 0 Å². The summed E-state index contributed by atoms with van der Waals surface area (Å²) in [4.78, 5) is 54.4. The van der Waals surface area contributed by atoms with Crippen molar-refractivity contribution in [1.29, 1.82) is 0 Å². The maximum absolute atomic E-state index is 12.4. The zero-order valence-electron chi connectivity index (χ0n) is 32.2. The summed E-state index contributed by atoms with van der Waals surface area (Å²) in [6.07, 6.45) is 43.2. The Kier molecular flexibility index (Phi) is 34.5. The number of ether oxygens (including phenoxy) is 2. The standard InChI is InChI=1S/C42H69O9P/c1-3-5-7-8-9-10-11-12-13-14-15-18-21-24-27-31-35-41(44)49-37-40(38-50-52(46,47)48)51-42(45)36-32-28-25-22-19-16-17-20-23-26-30-34-39(43)33-29-6-4-2/h9-10,12-13,16-17,22-23,25-26,30,34,40H,3-8,11,14-15,18-21,24,27-29,31-33,35-38H2,1-2H3,(H2,46,47,48)/b10-9-,13-12-,17-16-,25-22-,26-23-,34-30+/t40-/m1/s1. The lowest BCUT2D eigenvalue weighted by Gasteiger charge is -2.18. The smallest absolute Gasteiger partial charge is 0.462 e. The molecule has 0 heterocycles. The lowest BCUT2D eigenvalue weighted by atomic mass is 10.1. The minimum atomic E-state index is -4.79. The van der Waals surface area contributed by atoms with Crippen molar-refractivity contribution in [2.45, 2.75) is 161 Å². The van der Waals surface area contributed by atoms with Gasteiger partial charge in [0.15, 0.2) is 11.9 Å². The monoisotopic (exact) mass is 748 g/mol. The zero-order chi connectivity index (χ0) is 38.4. The molecule has 2 N–H and O–H groups in total. The van der Waals surface area contributed by atoms with E-state index < -0.39 is 32.5 Å². The summed E-state index contributed by atoms with van der Waals surface area (Å²) in [6.45, 7) is 3.42. The molecule has 0 aromatic rings. The number of hydrogen-bond donors (Lipinski definition) is 2. The van der Waals surface area contributed by atoms with Crippen molar-refractivity contribution in [2.75, 3.05) is 13.2 Å². The van der Waals surface area contributed by atoms with Gasteiger partial charge in [-0.15, -0.1) is 0 Å². The van der Waals surface area contributed by atoms with Crippen molar-refractivity contribution in [3.8, 4) is 0 Å². The summed E-state index contributed by atoms with van der Waals surface area (Å²) >= 11 is 0. The Hall–Kier alpha value is -2.84. The number of carbonyl (C=O) groups is 3. The van der Waals surface area contributed by atoms with Gasteiger partial charge in [0.2, 0.25) is 0 Å². The first-order valence-electron chi connectivity index (χ1n) is 19.7. The van der Waals surface area contributed by atoms with E-state index in [1.54, 1.807) is 12.2 Å². The fourth-order valence-corrected chi connectivity index (χ4v) is 5.30. The first-order valence-corrected chi connectivity index (χ1v) is 21.2. The molecule has 0 fully saturated rings. The van der Waals surface area contributed by atoms with Crippen LogP contribution in [0.3, 0.4) is 0 Å². The molecule has 1 atom stereocenters. The fourth-order valence-electron chi connectivity index (χ4n) is 4.94. The van der Waals surface area contributed by atoms with Crippen molar-refractivity contribution in [1.82, 2.24) is 0 Å². The third-order valence-electron chi connectivity index (χ3n) is 7.92. The Balaban J connectivity index is 4.13. The summed E-state index contributed by atoms with van der Waals surface area (Å²) in [7, 11) is -4.79. The van der Waals surface area contributed by atoms with Gasteiger partial charge in [0.25, 0.3) is 0 Å². The third kappa shape index (κ3) is 38.4. The lowest BCUT2D eigenvalue weighted by Crippen LogP contribution is -2.29. The topological polar surface area (TPSA) is 136 Å². The van der Waals surface area contributed by atoms with Crippen LogP contribution in [0.4, 0.5) is 0 Å². The van der Waals surface area contributed by atoms with Gasteiger partial charge in [-0.25, -0.2) is 4.57 Å². The number of allylic oxidation sites excluding steroid dienone is 12. The van der Waals surface area contributed by atoms with Crippen molar-refractivity contribution < 1.29 is 42.7 Å². The second-order valence-electron chi connectivity index (χ2n) is 12.9. The number of carbonyl (C=O) groups excluding carboxylic acids is 3. The third-order valence-corrected chi connectivity index (χ3v) is 8.41. The van der Waals surface area contributed by atoms with Gasteiger partial charge in [-0.05, 0) is 76.7 Å². The molecule has 0 spiro atoms. The number of unbranched alkanes of at least 4 members (excludes halogenated alkanes) is 12. The normalized spacial score (nSPS) is 13.2. The predicted octanol–water partition coefficient (Wildman–Crippen LogP) is 11.1. The number of esters is 2. The number of rotatable bonds is 35. The molecule has 0 aliphatic heterocycles. The molecule has 0 radical (unpaired) electrons. The highest BCUT2D eigenvalue weighted by Gasteiger charge is 2.22. The van der Waals surface area contributed by atoms with Crippen LogP contribution in [0.1, 0.15) is 155 Å². The molecule has 0 aromatic heterocycles. The molecule has 9 nitrogen and oxygen atoms in total. The van der Waals surface area contributed by atoms with Gasteiger partial charge in [0, 0.05) is 19.3 Å². The molecular weight excluding hydrogens is 679 g/mol. The van der Waals surface area contributed by atoms with Gasteiger partial charge in [-0.2, -0.15) is 0 Å². The Morgan fingerprint density at radius 3 is 1.69 bits per heavy atom. The summed E-state index contributed by atoms with van der Waals surface area (Å²) in [6, 6.07) is 0. The predicted molar refractivity (Wildman–Crippen MR) is 212 cm³/mol. The summed E-state index contributed by atoms with van der Waals surface area (Å²) in [5.74, 6) is -0.842. The Morgan fingerprint density at radius 2 is 1.06 bits per heavy atom. The molecule has 0 amide bonds. The van der Waals surface area contributed by atoms with Gasteiger partial charge in [0.1, 0.15) is 6.61 Å². The highest BCUT2D eigenvalue weighted by atomic mass is 31.2. The van der Waals surface area contributed by atoms with Crippen molar-refractivity contribution in [3.63, 3.8) is 0 Å². The van der Waals surface area contributed by atoms with E-state index in [1.165, 1.54) is 25.7 Å². The van der Waals surface area contributed by atoms with Gasteiger partial charge in [0.05, 0.1) is 6.61 Å². The van der Waals surface area contributed by atoms with Gasteiger partial charge >= 0.3 is 19.8 Å². The molecule has 0 rings (SSSR count). The van der Waals surface area contributed by atoms with Crippen LogP contribution in [-0.4, -0.2) is 46.8 Å². The minimum absolute atomic E-state index is 0.104. The lowest BCUT2D eigenvalue weighted by molar-refractivity contribution is -0.161. The van der Waals surface area contributed by atoms with Crippen LogP contribution in [0.5, 0.6) is 0 Å². The molecule has 0 aliphatic carbocycles. The van der Waals surface area contributed by atoms with Gasteiger partial charge < -0.3 is 19.3 Å². The van der Waals surface area contributed by atoms with Crippen LogP contribution in [0.15, 0.2) is 72.9 Å². The number of phosphoric acid groups is 1. The molecule has 0 bridgehead atoms. The average molecular weight is 749 g/mol. The zero-order valence-corrected chi connectivity index (χ0v) is 33.1. The number of phosphoric ester groups is 1. The minimum Gasteiger partial charge on any atom is -0.462 e. The van der Waals surface area contributed by atoms with Crippen molar-refractivity contribution >= 4 is 25.5 Å². The van der Waals surface area contributed by atoms with E-state index >= 15 is 0 Å². The summed E-state index contributed by atoms with van der Waals surface area (Å²) < 4.78 is 26.2. The molecular formula is C42H69O9P. The Bertz CT molecular complexity index is 1130. The molecule has 296 valence electrons. The maximum Gasteiger partial charge on any atom is 0.469 e. The SMILES string of the molecule is CCCCC/C=C\C/C=C\CCCCCCCCC(=O)OC[C@H](COP(=O)(O)O)OC(=O)CCC/C=C\C/C=C\C/C=C\C=C\C(=O)CCCCC. The van der Waals surface area contributed by atoms with Crippen molar-refractivity contribution in [3.05, 3.63) is 72.9 Å². The molecule has 0 saturated carbocycles. The largest absolute Gasteiger partial charge is 0.469 e. The fraction of sp³-hybridized carbons (Fsp3) is 0.643. The van der Waals surface area contributed by atoms with E-state index in [9.17, 15) is 18.9 Å². The summed E-state index contributed by atoms with van der Waals surface area (Å²) in [5.41, 5.74) is 0. The Morgan fingerprint density at radius 1 is 0.558 bits per heavy atom. The molecule has 10 heteroatoms. The van der Waals surface area contributed by atoms with Crippen LogP contribution in [0, 0.1) is 0 Å². The van der Waals surface area contributed by atoms with E-state index in [0.29, 0.717) is 25.7 Å². The van der Waals surface area contributed by atoms with E-state index in [4.69, 9.17) is 19.3 Å². The van der Waals surface area contributed by atoms with Crippen LogP contribution in [0.25, 0.3) is 0 Å². The van der Waals surface area contributed by atoms with E-state index in [0.717, 1.165) is 77.0 Å². The Labute approximate surface area is 315 Å². The van der Waals surface area contributed by atoms with Crippen LogP contribution >= 0.6 is 7.82 Å². The molecule has 0 aromatic carbocycles. The number of hydrogen-bond acceptors (Lipinski definition) is 7. The average Bonchev–Trinajstić information content (AvgIpc) is 3.11. The first-order chi connectivity index (χ1) is 25.2. The quantitative estimate of drug-likeness (QED) is 0.0162. The van der Waals surface area contributed by atoms with E-state index in [2.05, 4.69) is 42.7 Å². The van der Waals surface area contributed by atoms with Gasteiger partial charge in [-0.3, -0.25) is 18.9 Å².